The van der Waals surface area contributed by atoms with Gasteiger partial charge in [-0.2, -0.15) is 34.4 Å². The van der Waals surface area contributed by atoms with E-state index in [4.69, 9.17) is 0 Å². The smallest absolute Gasteiger partial charge is 1.00 e. The fraction of sp³-hybridized carbons (Fsp3) is 0.519. The Labute approximate surface area is 423 Å². The largest absolute Gasteiger partial charge is 2.00 e. The maximum atomic E-state index is 3.44. The monoisotopic (exact) mass is 1040 g/mol. The first-order valence-corrected chi connectivity index (χ1v) is 24.9. The fourth-order valence-electron chi connectivity index (χ4n) is 7.78. The van der Waals surface area contributed by atoms with Crippen molar-refractivity contribution in [1.82, 2.24) is 0 Å². The zero-order chi connectivity index (χ0) is 42.1. The van der Waals surface area contributed by atoms with Crippen molar-refractivity contribution in [2.24, 2.45) is 34.5 Å². The summed E-state index contributed by atoms with van der Waals surface area (Å²) in [6.07, 6.45) is 12.3. The van der Waals surface area contributed by atoms with E-state index in [-0.39, 0.29) is 104 Å². The number of hydrogen-bond donors (Lipinski definition) is 0. The standard InChI is InChI=1S/2C17H24P.2C10H15.2ClH.2Zr/c2*1-13(2)11-18(12-14(3)4)17-9-15-7-5-6-8-16(15)10-17;2*1-7-6-10(4,5)9(3)8(7)2;;;;/h2*5-10,13-14H,11-12H2,1-4H3;2*1-5H3;2*1H;;/q4*-1;;;2*+2/p-2. The van der Waals surface area contributed by atoms with Crippen LogP contribution in [0.4, 0.5) is 0 Å². The van der Waals surface area contributed by atoms with Gasteiger partial charge in [0, 0.05) is 0 Å². The molecule has 4 aromatic rings. The van der Waals surface area contributed by atoms with Crippen LogP contribution >= 0.6 is 15.8 Å². The summed E-state index contributed by atoms with van der Waals surface area (Å²) in [4.78, 5) is 0. The van der Waals surface area contributed by atoms with Crippen LogP contribution < -0.4 is 35.4 Å². The maximum absolute atomic E-state index is 3.44. The van der Waals surface area contributed by atoms with Crippen LogP contribution in [-0.4, -0.2) is 24.6 Å². The maximum Gasteiger partial charge on any atom is 2.00 e. The molecule has 0 saturated carbocycles. The van der Waals surface area contributed by atoms with Gasteiger partial charge in [0.05, 0.1) is 0 Å². The molecule has 0 fully saturated rings. The van der Waals surface area contributed by atoms with E-state index in [1.165, 1.54) is 79.6 Å². The van der Waals surface area contributed by atoms with Crippen LogP contribution in [0.3, 0.4) is 0 Å². The summed E-state index contributed by atoms with van der Waals surface area (Å²) in [5, 5.41) is 8.85. The summed E-state index contributed by atoms with van der Waals surface area (Å²) < 4.78 is 0. The minimum Gasteiger partial charge on any atom is -1.00 e. The van der Waals surface area contributed by atoms with E-state index >= 15 is 0 Å². The molecule has 0 unspecified atom stereocenters. The van der Waals surface area contributed by atoms with Gasteiger partial charge in [0.25, 0.3) is 0 Å². The molecule has 4 aromatic carbocycles. The minimum atomic E-state index is 0. The van der Waals surface area contributed by atoms with Crippen LogP contribution in [0, 0.1) is 46.7 Å². The van der Waals surface area contributed by atoms with Crippen molar-refractivity contribution in [3.8, 4) is 0 Å². The van der Waals surface area contributed by atoms with E-state index in [0.717, 1.165) is 23.7 Å². The molecule has 60 heavy (non-hydrogen) atoms. The molecule has 328 valence electrons. The molecule has 0 spiro atoms. The topological polar surface area (TPSA) is 0 Å². The van der Waals surface area contributed by atoms with Crippen molar-refractivity contribution in [2.75, 3.05) is 24.6 Å². The zero-order valence-electron chi connectivity index (χ0n) is 40.7. The molecular formula is C54H78Cl2P2Zr2-2. The number of fused-ring (bicyclic) bond motifs is 2. The van der Waals surface area contributed by atoms with E-state index in [9.17, 15) is 0 Å². The second-order valence-electron chi connectivity index (χ2n) is 19.3. The Morgan fingerprint density at radius 3 is 0.933 bits per heavy atom. The number of benzene rings is 2. The van der Waals surface area contributed by atoms with Crippen LogP contribution in [-0.2, 0) is 52.4 Å². The predicted octanol–water partition coefficient (Wildman–Crippen LogP) is 10.2. The van der Waals surface area contributed by atoms with Gasteiger partial charge in [0.1, 0.15) is 0 Å². The van der Waals surface area contributed by atoms with Crippen LogP contribution in [0.15, 0.2) is 106 Å². The Morgan fingerprint density at radius 1 is 0.483 bits per heavy atom. The van der Waals surface area contributed by atoms with Crippen molar-refractivity contribution >= 4 is 48.0 Å². The summed E-state index contributed by atoms with van der Waals surface area (Å²) >= 11 is 0. The average molecular weight is 1040 g/mol. The molecule has 0 heterocycles. The Bertz CT molecular complexity index is 1770. The molecule has 2 aliphatic rings. The molecule has 2 aliphatic carbocycles. The number of hydrogen-bond acceptors (Lipinski definition) is 0. The van der Waals surface area contributed by atoms with Gasteiger partial charge in [0.15, 0.2) is 0 Å². The van der Waals surface area contributed by atoms with Crippen LogP contribution in [0.5, 0.6) is 0 Å². The number of halogens is 2. The molecule has 6 heteroatoms. The third kappa shape index (κ3) is 18.7. The molecule has 0 nitrogen and oxygen atoms in total. The first-order chi connectivity index (χ1) is 26.0. The van der Waals surface area contributed by atoms with Gasteiger partial charge < -0.3 is 24.8 Å². The summed E-state index contributed by atoms with van der Waals surface area (Å²) in [7, 11) is 0.0370. The van der Waals surface area contributed by atoms with Gasteiger partial charge in [-0.3, -0.25) is 12.2 Å². The third-order valence-electron chi connectivity index (χ3n) is 11.4. The van der Waals surface area contributed by atoms with Crippen molar-refractivity contribution < 1.29 is 77.2 Å². The van der Waals surface area contributed by atoms with Crippen molar-refractivity contribution in [2.45, 2.75) is 125 Å². The summed E-state index contributed by atoms with van der Waals surface area (Å²) in [5.41, 5.74) is 8.79. The number of rotatable bonds is 10. The fourth-order valence-corrected chi connectivity index (χ4v) is 13.7. The second kappa shape index (κ2) is 28.0. The molecule has 0 aliphatic heterocycles. The van der Waals surface area contributed by atoms with Crippen molar-refractivity contribution in [3.63, 3.8) is 0 Å². The predicted molar refractivity (Wildman–Crippen MR) is 260 cm³/mol. The molecular weight excluding hydrogens is 964 g/mol. The normalized spacial score (nSPS) is 15.1. The van der Waals surface area contributed by atoms with Crippen molar-refractivity contribution in [3.05, 3.63) is 118 Å². The molecule has 6 rings (SSSR count). The summed E-state index contributed by atoms with van der Waals surface area (Å²) in [6, 6.07) is 27.2. The Kier molecular flexibility index (Phi) is 28.9. The van der Waals surface area contributed by atoms with Gasteiger partial charge in [0.2, 0.25) is 0 Å². The molecule has 0 bridgehead atoms. The number of allylic oxidation sites excluding steroid dienone is 8. The molecule has 0 atom stereocenters. The Morgan fingerprint density at radius 2 is 0.750 bits per heavy atom. The second-order valence-corrected chi connectivity index (χ2v) is 24.0. The van der Waals surface area contributed by atoms with Gasteiger partial charge in [-0.05, 0) is 48.3 Å². The molecule has 0 saturated heterocycles. The first kappa shape index (κ1) is 61.9. The van der Waals surface area contributed by atoms with Crippen LogP contribution in [0.1, 0.15) is 125 Å². The SMILES string of the molecule is CC(C)CP(CC(C)C)c1cc2ccccc2[cH-]1.CC(C)CP(CC(C)C)c1cc2ccccc2[cH-]1.CC1=[C-]C(C)(C)C(C)=C1C.CC1=[C-]C(C)(C)C(C)=C1C.[Cl-].[Cl-].[Zr+2].[Zr+2]. The van der Waals surface area contributed by atoms with E-state index in [1.54, 1.807) is 10.6 Å². The average Bonchev–Trinajstić information content (AvgIpc) is 3.82. The van der Waals surface area contributed by atoms with E-state index in [2.05, 4.69) is 210 Å². The Balaban J connectivity index is 0. The minimum absolute atomic E-state index is 0. The molecule has 0 N–H and O–H groups in total. The summed E-state index contributed by atoms with van der Waals surface area (Å²) in [5.74, 6) is 3.20. The van der Waals surface area contributed by atoms with Gasteiger partial charge in [-0.25, -0.2) is 11.1 Å². The van der Waals surface area contributed by atoms with Crippen LogP contribution in [0.2, 0.25) is 0 Å². The van der Waals surface area contributed by atoms with E-state index < -0.39 is 0 Å². The third-order valence-corrected chi connectivity index (χ3v) is 18.1. The molecule has 0 amide bonds. The van der Waals surface area contributed by atoms with Crippen LogP contribution in [0.25, 0.3) is 21.5 Å². The van der Waals surface area contributed by atoms with Gasteiger partial charge in [-0.15, -0.1) is 94.5 Å². The summed E-state index contributed by atoms with van der Waals surface area (Å²) in [6.45, 7) is 40.6. The molecule has 0 aromatic heterocycles. The van der Waals surface area contributed by atoms with Gasteiger partial charge in [-0.1, -0.05) is 150 Å². The Hall–Kier alpha value is -0.174. The zero-order valence-corrected chi connectivity index (χ0v) is 48.9. The van der Waals surface area contributed by atoms with Gasteiger partial charge >= 0.3 is 52.4 Å². The molecule has 0 radical (unpaired) electrons. The first-order valence-electron chi connectivity index (χ1n) is 21.4. The van der Waals surface area contributed by atoms with E-state index in [1.807, 2.05) is 0 Å². The quantitative estimate of drug-likeness (QED) is 0.110. The van der Waals surface area contributed by atoms with Crippen molar-refractivity contribution in [1.29, 1.82) is 0 Å². The van der Waals surface area contributed by atoms with E-state index in [0.29, 0.717) is 0 Å².